The normalized spacial score (nSPS) is 9.79. The highest BCUT2D eigenvalue weighted by Crippen LogP contribution is 2.40. The van der Waals surface area contributed by atoms with E-state index in [1.54, 1.807) is 6.92 Å². The van der Waals surface area contributed by atoms with Gasteiger partial charge >= 0.3 is 0 Å². The molecule has 0 atom stereocenters. The number of rotatable bonds is 4. The summed E-state index contributed by atoms with van der Waals surface area (Å²) in [7, 11) is 0. The van der Waals surface area contributed by atoms with Gasteiger partial charge < -0.3 is 15.6 Å². The third kappa shape index (κ3) is 2.74. The Labute approximate surface area is 136 Å². The summed E-state index contributed by atoms with van der Waals surface area (Å²) in [6, 6.07) is 6.92. The van der Waals surface area contributed by atoms with E-state index in [9.17, 15) is 25.7 Å². The molecule has 0 aliphatic rings. The minimum atomic E-state index is -0.658. The van der Waals surface area contributed by atoms with Gasteiger partial charge in [-0.1, -0.05) is 0 Å². The predicted molar refractivity (Wildman–Crippen MR) is 83.0 cm³/mol. The zero-order valence-corrected chi connectivity index (χ0v) is 12.5. The zero-order valence-electron chi connectivity index (χ0n) is 12.5. The van der Waals surface area contributed by atoms with Gasteiger partial charge in [0, 0.05) is 23.3 Å². The molecule has 9 nitrogen and oxygen atoms in total. The van der Waals surface area contributed by atoms with E-state index >= 15 is 0 Å². The van der Waals surface area contributed by atoms with Gasteiger partial charge in [0.05, 0.1) is 11.5 Å². The van der Waals surface area contributed by atoms with Crippen LogP contribution < -0.4 is 10.5 Å². The number of pyridine rings is 1. The molecule has 24 heavy (non-hydrogen) atoms. The Morgan fingerprint density at radius 1 is 1.38 bits per heavy atom. The number of non-ortho nitro benzene ring substituents is 1. The number of ether oxygens (including phenoxy) is 1. The van der Waals surface area contributed by atoms with Crippen molar-refractivity contribution in [2.45, 2.75) is 6.92 Å². The number of nitro groups is 1. The maximum absolute atomic E-state index is 11.0. The van der Waals surface area contributed by atoms with E-state index in [0.29, 0.717) is 0 Å². The van der Waals surface area contributed by atoms with Crippen LogP contribution in [-0.2, 0) is 0 Å². The average molecular weight is 325 g/mol. The van der Waals surface area contributed by atoms with Crippen molar-refractivity contribution in [1.29, 1.82) is 10.5 Å². The lowest BCUT2D eigenvalue weighted by atomic mass is 9.95. The molecule has 9 heteroatoms. The standard InChI is InChI=1S/C15H11N5O4/c1-2-24-15-11(7-17)13(10(6-16)14(18)19-15)9-5-8(20(22)23)3-4-12(9)21/h3-5,21H,2H2,1H3,(H2,18,19). The lowest BCUT2D eigenvalue weighted by molar-refractivity contribution is -0.384. The first-order valence-corrected chi connectivity index (χ1v) is 6.68. The first-order chi connectivity index (χ1) is 11.4. The highest BCUT2D eigenvalue weighted by atomic mass is 16.6. The number of nitrogen functional groups attached to an aromatic ring is 1. The van der Waals surface area contributed by atoms with E-state index in [1.807, 2.05) is 12.1 Å². The van der Waals surface area contributed by atoms with Gasteiger partial charge in [-0.3, -0.25) is 10.1 Å². The Kier molecular flexibility index (Phi) is 4.47. The van der Waals surface area contributed by atoms with Crippen LogP contribution in [0.3, 0.4) is 0 Å². The molecule has 2 rings (SSSR count). The number of anilines is 1. The summed E-state index contributed by atoms with van der Waals surface area (Å²) in [4.78, 5) is 14.2. The quantitative estimate of drug-likeness (QED) is 0.638. The van der Waals surface area contributed by atoms with E-state index < -0.39 is 4.92 Å². The van der Waals surface area contributed by atoms with E-state index in [0.717, 1.165) is 18.2 Å². The average Bonchev–Trinajstić information content (AvgIpc) is 2.55. The van der Waals surface area contributed by atoms with E-state index in [1.165, 1.54) is 0 Å². The van der Waals surface area contributed by atoms with Crippen molar-refractivity contribution in [2.75, 3.05) is 12.3 Å². The summed E-state index contributed by atoms with van der Waals surface area (Å²) in [5, 5.41) is 39.8. The molecule has 3 N–H and O–H groups in total. The number of benzene rings is 1. The maximum Gasteiger partial charge on any atom is 0.270 e. The molecule has 1 aromatic heterocycles. The molecule has 1 heterocycles. The Bertz CT molecular complexity index is 912. The fourth-order valence-corrected chi connectivity index (χ4v) is 2.15. The highest BCUT2D eigenvalue weighted by Gasteiger charge is 2.24. The number of hydrogen-bond acceptors (Lipinski definition) is 8. The Hall–Kier alpha value is -3.85. The van der Waals surface area contributed by atoms with Crippen LogP contribution in [0.4, 0.5) is 11.5 Å². The number of aromatic hydroxyl groups is 1. The summed E-state index contributed by atoms with van der Waals surface area (Å²) in [5.41, 5.74) is 4.97. The summed E-state index contributed by atoms with van der Waals surface area (Å²) in [6.07, 6.45) is 0. The fourth-order valence-electron chi connectivity index (χ4n) is 2.15. The maximum atomic E-state index is 11.0. The molecule has 0 spiro atoms. The molecule has 0 aliphatic heterocycles. The van der Waals surface area contributed by atoms with Gasteiger partial charge in [-0.05, 0) is 13.0 Å². The zero-order chi connectivity index (χ0) is 17.9. The summed E-state index contributed by atoms with van der Waals surface area (Å²) in [5.74, 6) is -0.667. The SMILES string of the molecule is CCOc1nc(N)c(C#N)c(-c2cc([N+](=O)[O-])ccc2O)c1C#N. The summed E-state index contributed by atoms with van der Waals surface area (Å²) < 4.78 is 5.25. The third-order valence-electron chi connectivity index (χ3n) is 3.16. The van der Waals surface area contributed by atoms with Gasteiger partial charge in [0.1, 0.15) is 34.8 Å². The molecule has 0 unspecified atom stereocenters. The second-order valence-electron chi connectivity index (χ2n) is 4.54. The van der Waals surface area contributed by atoms with Crippen molar-refractivity contribution in [2.24, 2.45) is 0 Å². The number of phenolic OH excluding ortho intramolecular Hbond substituents is 1. The second-order valence-corrected chi connectivity index (χ2v) is 4.54. The molecular weight excluding hydrogens is 314 g/mol. The molecule has 0 radical (unpaired) electrons. The molecule has 120 valence electrons. The highest BCUT2D eigenvalue weighted by molar-refractivity contribution is 5.86. The fraction of sp³-hybridized carbons (Fsp3) is 0.133. The topological polar surface area (TPSA) is 159 Å². The summed E-state index contributed by atoms with van der Waals surface area (Å²) >= 11 is 0. The van der Waals surface area contributed by atoms with Crippen LogP contribution in [-0.4, -0.2) is 21.6 Å². The van der Waals surface area contributed by atoms with Crippen LogP contribution in [0.5, 0.6) is 11.6 Å². The lowest BCUT2D eigenvalue weighted by Crippen LogP contribution is -2.06. The molecular formula is C15H11N5O4. The van der Waals surface area contributed by atoms with E-state index in [2.05, 4.69) is 4.98 Å². The van der Waals surface area contributed by atoms with Crippen LogP contribution in [0, 0.1) is 32.8 Å². The van der Waals surface area contributed by atoms with Crippen molar-refractivity contribution >= 4 is 11.5 Å². The monoisotopic (exact) mass is 325 g/mol. The number of nitriles is 2. The van der Waals surface area contributed by atoms with E-state index in [4.69, 9.17) is 10.5 Å². The van der Waals surface area contributed by atoms with Crippen molar-refractivity contribution < 1.29 is 14.8 Å². The van der Waals surface area contributed by atoms with Gasteiger partial charge in [0.2, 0.25) is 5.88 Å². The van der Waals surface area contributed by atoms with Crippen LogP contribution in [0.2, 0.25) is 0 Å². The van der Waals surface area contributed by atoms with Gasteiger partial charge in [-0.15, -0.1) is 0 Å². The van der Waals surface area contributed by atoms with Crippen LogP contribution in [0.15, 0.2) is 18.2 Å². The second kappa shape index (κ2) is 6.50. The van der Waals surface area contributed by atoms with Gasteiger partial charge in [0.15, 0.2) is 0 Å². The largest absolute Gasteiger partial charge is 0.507 e. The molecule has 1 aromatic carbocycles. The van der Waals surface area contributed by atoms with Gasteiger partial charge in [-0.25, -0.2) is 0 Å². The first kappa shape index (κ1) is 16.5. The number of nitrogens with two attached hydrogens (primary N) is 1. The Morgan fingerprint density at radius 3 is 2.58 bits per heavy atom. The van der Waals surface area contributed by atoms with Gasteiger partial charge in [-0.2, -0.15) is 15.5 Å². The van der Waals surface area contributed by atoms with Crippen LogP contribution in [0.1, 0.15) is 18.1 Å². The molecule has 2 aromatic rings. The van der Waals surface area contributed by atoms with Crippen LogP contribution in [0.25, 0.3) is 11.1 Å². The molecule has 0 saturated carbocycles. The summed E-state index contributed by atoms with van der Waals surface area (Å²) in [6.45, 7) is 1.86. The Morgan fingerprint density at radius 2 is 2.04 bits per heavy atom. The lowest BCUT2D eigenvalue weighted by Gasteiger charge is -2.13. The number of phenols is 1. The van der Waals surface area contributed by atoms with Crippen molar-refractivity contribution in [3.05, 3.63) is 39.4 Å². The van der Waals surface area contributed by atoms with Crippen molar-refractivity contribution in [3.63, 3.8) is 0 Å². The smallest absolute Gasteiger partial charge is 0.270 e. The van der Waals surface area contributed by atoms with Crippen molar-refractivity contribution in [3.8, 4) is 34.9 Å². The number of nitro benzene ring substituents is 1. The molecule has 0 saturated heterocycles. The first-order valence-electron chi connectivity index (χ1n) is 6.68. The minimum absolute atomic E-state index is 0.0582. The molecule has 0 amide bonds. The molecule has 0 fully saturated rings. The Balaban J connectivity index is 2.93. The molecule has 0 bridgehead atoms. The van der Waals surface area contributed by atoms with E-state index in [-0.39, 0.29) is 52.0 Å². The van der Waals surface area contributed by atoms with Gasteiger partial charge in [0.25, 0.3) is 5.69 Å². The predicted octanol–water partition coefficient (Wildman–Crippen LogP) is 2.09. The molecule has 0 aliphatic carbocycles. The minimum Gasteiger partial charge on any atom is -0.507 e. The van der Waals surface area contributed by atoms with Crippen LogP contribution >= 0.6 is 0 Å². The van der Waals surface area contributed by atoms with Crippen molar-refractivity contribution in [1.82, 2.24) is 4.98 Å². The third-order valence-corrected chi connectivity index (χ3v) is 3.16. The number of hydrogen-bond donors (Lipinski definition) is 2. The number of nitrogens with zero attached hydrogens (tertiary/aromatic N) is 4. The number of aromatic nitrogens is 1.